The molecule has 7 nitrogen and oxygen atoms in total. The maximum absolute atomic E-state index is 12.3. The number of carbonyl (C=O) groups is 1. The van der Waals surface area contributed by atoms with Gasteiger partial charge < -0.3 is 19.9 Å². The fourth-order valence-electron chi connectivity index (χ4n) is 4.12. The molecule has 2 atom stereocenters. The van der Waals surface area contributed by atoms with E-state index in [1.807, 2.05) is 12.1 Å². The zero-order valence-electron chi connectivity index (χ0n) is 14.2. The maximum atomic E-state index is 12.3. The van der Waals surface area contributed by atoms with E-state index in [4.69, 9.17) is 9.26 Å². The summed E-state index contributed by atoms with van der Waals surface area (Å²) in [5.74, 6) is 2.09. The first kappa shape index (κ1) is 16.1. The number of para-hydroxylation sites is 2. The summed E-state index contributed by atoms with van der Waals surface area (Å²) in [6.07, 6.45) is 3.53. The monoisotopic (exact) mass is 342 g/mol. The third-order valence-corrected chi connectivity index (χ3v) is 5.38. The van der Waals surface area contributed by atoms with Crippen LogP contribution in [0.3, 0.4) is 0 Å². The molecule has 0 bridgehead atoms. The fraction of sp³-hybridized carbons (Fsp3) is 0.500. The van der Waals surface area contributed by atoms with Gasteiger partial charge >= 0.3 is 0 Å². The number of nitrogens with one attached hydrogen (secondary N) is 2. The molecule has 25 heavy (non-hydrogen) atoms. The number of anilines is 1. The third-order valence-electron chi connectivity index (χ3n) is 5.38. The quantitative estimate of drug-likeness (QED) is 0.863. The van der Waals surface area contributed by atoms with Crippen LogP contribution < -0.4 is 15.4 Å². The Labute approximate surface area is 146 Å². The molecule has 2 aliphatic rings. The van der Waals surface area contributed by atoms with Crippen LogP contribution in [0, 0.1) is 5.92 Å². The maximum Gasteiger partial charge on any atom is 0.234 e. The topological polar surface area (TPSA) is 89.3 Å². The van der Waals surface area contributed by atoms with Crippen LogP contribution in [0.15, 0.2) is 28.8 Å². The van der Waals surface area contributed by atoms with Gasteiger partial charge in [0.2, 0.25) is 11.8 Å². The second-order valence-corrected chi connectivity index (χ2v) is 6.82. The molecule has 0 unspecified atom stereocenters. The summed E-state index contributed by atoms with van der Waals surface area (Å²) in [7, 11) is 1.57. The molecule has 1 saturated carbocycles. The lowest BCUT2D eigenvalue weighted by molar-refractivity contribution is -0.115. The molecule has 132 valence electrons. The van der Waals surface area contributed by atoms with Gasteiger partial charge in [0, 0.05) is 6.54 Å². The SMILES string of the molecule is COc1ccccc1NC(=O)Cc1noc([C@@]23CCC[C@@H]2CNC3)n1. The summed E-state index contributed by atoms with van der Waals surface area (Å²) in [5.41, 5.74) is 0.595. The number of hydrogen-bond acceptors (Lipinski definition) is 6. The number of benzene rings is 1. The number of hydrogen-bond donors (Lipinski definition) is 2. The molecule has 2 aromatic rings. The predicted molar refractivity (Wildman–Crippen MR) is 91.5 cm³/mol. The minimum atomic E-state index is -0.193. The average Bonchev–Trinajstić information content (AvgIpc) is 3.30. The number of methoxy groups -OCH3 is 1. The van der Waals surface area contributed by atoms with Gasteiger partial charge in [-0.25, -0.2) is 0 Å². The number of fused-ring (bicyclic) bond motifs is 1. The van der Waals surface area contributed by atoms with E-state index >= 15 is 0 Å². The van der Waals surface area contributed by atoms with Gasteiger partial charge in [-0.15, -0.1) is 0 Å². The Morgan fingerprint density at radius 1 is 1.48 bits per heavy atom. The van der Waals surface area contributed by atoms with Gasteiger partial charge in [0.1, 0.15) is 5.75 Å². The van der Waals surface area contributed by atoms with E-state index < -0.39 is 0 Å². The Bertz CT molecular complexity index is 763. The second kappa shape index (κ2) is 6.48. The van der Waals surface area contributed by atoms with Crippen LogP contribution in [0.1, 0.15) is 31.0 Å². The van der Waals surface area contributed by atoms with Gasteiger partial charge in [-0.1, -0.05) is 23.7 Å². The molecule has 0 radical (unpaired) electrons. The minimum Gasteiger partial charge on any atom is -0.495 e. The highest BCUT2D eigenvalue weighted by Crippen LogP contribution is 2.47. The highest BCUT2D eigenvalue weighted by Gasteiger charge is 2.51. The smallest absolute Gasteiger partial charge is 0.234 e. The molecule has 1 saturated heterocycles. The summed E-state index contributed by atoms with van der Waals surface area (Å²) < 4.78 is 10.8. The van der Waals surface area contributed by atoms with Crippen molar-refractivity contribution < 1.29 is 14.1 Å². The van der Waals surface area contributed by atoms with Gasteiger partial charge in [-0.05, 0) is 37.4 Å². The van der Waals surface area contributed by atoms with E-state index in [0.29, 0.717) is 29.1 Å². The van der Waals surface area contributed by atoms with Crippen LogP contribution in [-0.4, -0.2) is 36.2 Å². The molecule has 2 fully saturated rings. The van der Waals surface area contributed by atoms with Gasteiger partial charge in [-0.3, -0.25) is 4.79 Å². The first-order chi connectivity index (χ1) is 12.2. The first-order valence-electron chi connectivity index (χ1n) is 8.68. The molecule has 2 N–H and O–H groups in total. The second-order valence-electron chi connectivity index (χ2n) is 6.82. The zero-order chi connectivity index (χ0) is 17.3. The van der Waals surface area contributed by atoms with E-state index in [-0.39, 0.29) is 17.7 Å². The molecule has 4 rings (SSSR count). The van der Waals surface area contributed by atoms with Gasteiger partial charge in [0.05, 0.1) is 24.6 Å². The molecular formula is C18H22N4O3. The lowest BCUT2D eigenvalue weighted by Gasteiger charge is -2.22. The standard InChI is InChI=1S/C18H22N4O3/c1-24-14-7-3-2-6-13(14)20-16(23)9-15-21-17(25-22-15)18-8-4-5-12(18)10-19-11-18/h2-3,6-7,12,19H,4-5,8-11H2,1H3,(H,20,23)/t12-,18-/m1/s1. The van der Waals surface area contributed by atoms with Crippen molar-refractivity contribution in [2.24, 2.45) is 5.92 Å². The minimum absolute atomic E-state index is 0.0373. The van der Waals surface area contributed by atoms with Crippen molar-refractivity contribution in [1.29, 1.82) is 0 Å². The number of nitrogens with zero attached hydrogens (tertiary/aromatic N) is 2. The highest BCUT2D eigenvalue weighted by molar-refractivity contribution is 5.93. The number of rotatable bonds is 5. The Morgan fingerprint density at radius 3 is 3.24 bits per heavy atom. The van der Waals surface area contributed by atoms with Crippen molar-refractivity contribution in [2.45, 2.75) is 31.1 Å². The molecule has 7 heteroatoms. The molecule has 1 aliphatic carbocycles. The van der Waals surface area contributed by atoms with Crippen molar-refractivity contribution in [3.63, 3.8) is 0 Å². The van der Waals surface area contributed by atoms with Crippen LogP contribution in [-0.2, 0) is 16.6 Å². The van der Waals surface area contributed by atoms with Crippen molar-refractivity contribution in [3.05, 3.63) is 36.0 Å². The third kappa shape index (κ3) is 2.89. The summed E-state index contributed by atoms with van der Waals surface area (Å²) in [6, 6.07) is 7.29. The molecule has 1 aromatic heterocycles. The lowest BCUT2D eigenvalue weighted by Crippen LogP contribution is -2.31. The van der Waals surface area contributed by atoms with E-state index in [0.717, 1.165) is 19.5 Å². The molecule has 2 heterocycles. The van der Waals surface area contributed by atoms with Gasteiger partial charge in [-0.2, -0.15) is 4.98 Å². The molecule has 1 amide bonds. The molecule has 1 aromatic carbocycles. The van der Waals surface area contributed by atoms with Crippen LogP contribution in [0.2, 0.25) is 0 Å². The van der Waals surface area contributed by atoms with Crippen LogP contribution in [0.25, 0.3) is 0 Å². The van der Waals surface area contributed by atoms with Crippen LogP contribution in [0.4, 0.5) is 5.69 Å². The van der Waals surface area contributed by atoms with Crippen molar-refractivity contribution in [1.82, 2.24) is 15.5 Å². The Balaban J connectivity index is 1.45. The predicted octanol–water partition coefficient (Wildman–Crippen LogP) is 1.90. The van der Waals surface area contributed by atoms with Crippen molar-refractivity contribution in [3.8, 4) is 5.75 Å². The number of amides is 1. The largest absolute Gasteiger partial charge is 0.495 e. The summed E-state index contributed by atoms with van der Waals surface area (Å²) in [6.45, 7) is 1.89. The summed E-state index contributed by atoms with van der Waals surface area (Å²) in [4.78, 5) is 16.8. The number of carbonyl (C=O) groups excluding carboxylic acids is 1. The zero-order valence-corrected chi connectivity index (χ0v) is 14.2. The molecule has 0 spiro atoms. The fourth-order valence-corrected chi connectivity index (χ4v) is 4.12. The number of aromatic nitrogens is 2. The number of ether oxygens (including phenoxy) is 1. The molecular weight excluding hydrogens is 320 g/mol. The van der Waals surface area contributed by atoms with E-state index in [9.17, 15) is 4.79 Å². The van der Waals surface area contributed by atoms with E-state index in [1.165, 1.54) is 12.8 Å². The Morgan fingerprint density at radius 2 is 2.36 bits per heavy atom. The van der Waals surface area contributed by atoms with Gasteiger partial charge in [0.15, 0.2) is 5.82 Å². The highest BCUT2D eigenvalue weighted by atomic mass is 16.5. The lowest BCUT2D eigenvalue weighted by atomic mass is 9.80. The average molecular weight is 342 g/mol. The first-order valence-corrected chi connectivity index (χ1v) is 8.68. The van der Waals surface area contributed by atoms with E-state index in [1.54, 1.807) is 19.2 Å². The van der Waals surface area contributed by atoms with Crippen molar-refractivity contribution >= 4 is 11.6 Å². The molecule has 1 aliphatic heterocycles. The Kier molecular flexibility index (Phi) is 4.17. The summed E-state index contributed by atoms with van der Waals surface area (Å²) in [5, 5.41) is 10.3. The summed E-state index contributed by atoms with van der Waals surface area (Å²) >= 11 is 0. The normalized spacial score (nSPS) is 24.9. The van der Waals surface area contributed by atoms with Crippen LogP contribution >= 0.6 is 0 Å². The van der Waals surface area contributed by atoms with Gasteiger partial charge in [0.25, 0.3) is 0 Å². The Hall–Kier alpha value is -2.41. The van der Waals surface area contributed by atoms with Crippen LogP contribution in [0.5, 0.6) is 5.75 Å². The van der Waals surface area contributed by atoms with Crippen molar-refractivity contribution in [2.75, 3.05) is 25.5 Å². The van der Waals surface area contributed by atoms with E-state index in [2.05, 4.69) is 20.8 Å².